The van der Waals surface area contributed by atoms with Gasteiger partial charge >= 0.3 is 5.97 Å². The molecule has 0 bridgehead atoms. The van der Waals surface area contributed by atoms with Crippen LogP contribution < -0.4 is 0 Å². The van der Waals surface area contributed by atoms with Crippen LogP contribution in [0.2, 0.25) is 0 Å². The van der Waals surface area contributed by atoms with Crippen molar-refractivity contribution in [3.63, 3.8) is 0 Å². The Kier molecular flexibility index (Phi) is 1.46. The Morgan fingerprint density at radius 3 is 3.18 bits per heavy atom. The quantitative estimate of drug-likeness (QED) is 0.401. The van der Waals surface area contributed by atoms with Crippen LogP contribution >= 0.6 is 0 Å². The van der Waals surface area contributed by atoms with Gasteiger partial charge in [-0.05, 0) is 18.9 Å². The first kappa shape index (κ1) is 6.85. The monoisotopic (exact) mass is 154 g/mol. The van der Waals surface area contributed by atoms with E-state index >= 15 is 0 Å². The van der Waals surface area contributed by atoms with Crippen molar-refractivity contribution in [3.05, 3.63) is 12.2 Å². The van der Waals surface area contributed by atoms with E-state index < -0.39 is 12.1 Å². The molecule has 0 saturated carbocycles. The van der Waals surface area contributed by atoms with Gasteiger partial charge in [0, 0.05) is 5.92 Å². The molecule has 1 N–H and O–H groups in total. The largest absolute Gasteiger partial charge is 0.456 e. The molecule has 3 atom stereocenters. The molecular formula is C8H10O3. The van der Waals surface area contributed by atoms with Gasteiger partial charge in [-0.1, -0.05) is 6.08 Å². The highest BCUT2D eigenvalue weighted by molar-refractivity contribution is 5.77. The maximum absolute atomic E-state index is 10.8. The Balaban J connectivity index is 2.21. The average Bonchev–Trinajstić information content (AvgIpc) is 2.30. The third-order valence-corrected chi connectivity index (χ3v) is 2.31. The van der Waals surface area contributed by atoms with E-state index in [0.29, 0.717) is 0 Å². The molecule has 0 aromatic carbocycles. The van der Waals surface area contributed by atoms with E-state index in [9.17, 15) is 9.90 Å². The molecule has 0 aromatic heterocycles. The van der Waals surface area contributed by atoms with Crippen LogP contribution in [-0.4, -0.2) is 23.3 Å². The maximum atomic E-state index is 10.8. The van der Waals surface area contributed by atoms with Crippen molar-refractivity contribution in [3.8, 4) is 0 Å². The Labute approximate surface area is 64.7 Å². The normalized spacial score (nSPS) is 41.9. The summed E-state index contributed by atoms with van der Waals surface area (Å²) in [4.78, 5) is 10.8. The minimum absolute atomic E-state index is 0.00694. The zero-order valence-corrected chi connectivity index (χ0v) is 6.06. The van der Waals surface area contributed by atoms with Crippen molar-refractivity contribution in [1.82, 2.24) is 0 Å². The number of aliphatic hydroxyl groups is 1. The molecule has 0 aromatic rings. The van der Waals surface area contributed by atoms with Crippen LogP contribution in [0.1, 0.15) is 12.8 Å². The first-order valence-electron chi connectivity index (χ1n) is 3.84. The van der Waals surface area contributed by atoms with Gasteiger partial charge in [0.2, 0.25) is 0 Å². The number of aliphatic hydroxyl groups excluding tert-OH is 1. The molecule has 2 aliphatic rings. The van der Waals surface area contributed by atoms with Crippen LogP contribution in [0.25, 0.3) is 0 Å². The zero-order valence-electron chi connectivity index (χ0n) is 6.06. The number of fused-ring (bicyclic) bond motifs is 1. The summed E-state index contributed by atoms with van der Waals surface area (Å²) in [6, 6.07) is 0. The van der Waals surface area contributed by atoms with Crippen LogP contribution in [0.4, 0.5) is 0 Å². The SMILES string of the molecule is O=C1O[C@H]2C=CCC[C@H]2[C@@H]1O. The van der Waals surface area contributed by atoms with Crippen molar-refractivity contribution in [2.45, 2.75) is 25.0 Å². The molecule has 1 aliphatic heterocycles. The third kappa shape index (κ3) is 0.959. The van der Waals surface area contributed by atoms with Gasteiger partial charge in [-0.2, -0.15) is 0 Å². The zero-order chi connectivity index (χ0) is 7.84. The van der Waals surface area contributed by atoms with Gasteiger partial charge in [-0.25, -0.2) is 4.79 Å². The number of rotatable bonds is 0. The number of carbonyl (C=O) groups is 1. The second-order valence-electron chi connectivity index (χ2n) is 3.02. The van der Waals surface area contributed by atoms with E-state index in [4.69, 9.17) is 4.74 Å². The number of ether oxygens (including phenoxy) is 1. The standard InChI is InChI=1S/C8H10O3/c9-7-5-3-1-2-4-6(5)11-8(7)10/h2,4-7,9H,1,3H2/t5-,6+,7+/m1/s1. The molecule has 1 heterocycles. The Bertz CT molecular complexity index is 209. The summed E-state index contributed by atoms with van der Waals surface area (Å²) in [6.07, 6.45) is 4.61. The lowest BCUT2D eigenvalue weighted by Gasteiger charge is -2.18. The van der Waals surface area contributed by atoms with E-state index in [-0.39, 0.29) is 12.0 Å². The molecule has 3 heteroatoms. The highest BCUT2D eigenvalue weighted by atomic mass is 16.6. The first-order chi connectivity index (χ1) is 5.29. The van der Waals surface area contributed by atoms with E-state index in [1.807, 2.05) is 12.2 Å². The molecule has 2 rings (SSSR count). The fourth-order valence-corrected chi connectivity index (χ4v) is 1.67. The minimum atomic E-state index is -0.884. The number of esters is 1. The number of carbonyl (C=O) groups excluding carboxylic acids is 1. The smallest absolute Gasteiger partial charge is 0.336 e. The van der Waals surface area contributed by atoms with Gasteiger partial charge in [-0.3, -0.25) is 0 Å². The molecule has 1 aliphatic carbocycles. The summed E-state index contributed by atoms with van der Waals surface area (Å²) in [5.74, 6) is -0.459. The molecule has 0 unspecified atom stereocenters. The summed E-state index contributed by atoms with van der Waals surface area (Å²) >= 11 is 0. The molecule has 60 valence electrons. The van der Waals surface area contributed by atoms with Crippen molar-refractivity contribution in [1.29, 1.82) is 0 Å². The molecular weight excluding hydrogens is 144 g/mol. The van der Waals surface area contributed by atoms with Crippen molar-refractivity contribution >= 4 is 5.97 Å². The van der Waals surface area contributed by atoms with E-state index in [1.165, 1.54) is 0 Å². The summed E-state index contributed by atoms with van der Waals surface area (Å²) in [7, 11) is 0. The second-order valence-corrected chi connectivity index (χ2v) is 3.02. The van der Waals surface area contributed by atoms with Crippen LogP contribution in [0.5, 0.6) is 0 Å². The summed E-state index contributed by atoms with van der Waals surface area (Å²) in [5, 5.41) is 9.28. The topological polar surface area (TPSA) is 46.5 Å². The minimum Gasteiger partial charge on any atom is -0.456 e. The lowest BCUT2D eigenvalue weighted by Crippen LogP contribution is -2.25. The maximum Gasteiger partial charge on any atom is 0.336 e. The van der Waals surface area contributed by atoms with Gasteiger partial charge in [0.15, 0.2) is 6.10 Å². The third-order valence-electron chi connectivity index (χ3n) is 2.31. The highest BCUT2D eigenvalue weighted by Gasteiger charge is 2.42. The molecule has 0 radical (unpaired) electrons. The predicted octanol–water partition coefficient (Wildman–Crippen LogP) is 0.239. The number of hydrogen-bond donors (Lipinski definition) is 1. The van der Waals surface area contributed by atoms with Crippen LogP contribution in [0.15, 0.2) is 12.2 Å². The first-order valence-corrected chi connectivity index (χ1v) is 3.84. The average molecular weight is 154 g/mol. The molecule has 1 fully saturated rings. The van der Waals surface area contributed by atoms with Crippen molar-refractivity contribution < 1.29 is 14.6 Å². The summed E-state index contributed by atoms with van der Waals surface area (Å²) < 4.78 is 4.90. The fraction of sp³-hybridized carbons (Fsp3) is 0.625. The van der Waals surface area contributed by atoms with Crippen LogP contribution in [0, 0.1) is 5.92 Å². The highest BCUT2D eigenvalue weighted by Crippen LogP contribution is 2.30. The molecule has 0 amide bonds. The Morgan fingerprint density at radius 2 is 2.45 bits per heavy atom. The van der Waals surface area contributed by atoms with Gasteiger partial charge in [-0.15, -0.1) is 0 Å². The summed E-state index contributed by atoms with van der Waals surface area (Å²) in [5.41, 5.74) is 0. The fourth-order valence-electron chi connectivity index (χ4n) is 1.67. The lowest BCUT2D eigenvalue weighted by molar-refractivity contribution is -0.146. The molecule has 0 spiro atoms. The van der Waals surface area contributed by atoms with E-state index in [1.54, 1.807) is 0 Å². The lowest BCUT2D eigenvalue weighted by atomic mass is 9.89. The Hall–Kier alpha value is -0.830. The molecule has 1 saturated heterocycles. The van der Waals surface area contributed by atoms with E-state index in [0.717, 1.165) is 12.8 Å². The van der Waals surface area contributed by atoms with Crippen molar-refractivity contribution in [2.75, 3.05) is 0 Å². The second kappa shape index (κ2) is 2.34. The molecule has 11 heavy (non-hydrogen) atoms. The van der Waals surface area contributed by atoms with Crippen LogP contribution in [-0.2, 0) is 9.53 Å². The van der Waals surface area contributed by atoms with Gasteiger partial charge in [0.25, 0.3) is 0 Å². The van der Waals surface area contributed by atoms with Crippen molar-refractivity contribution in [2.24, 2.45) is 5.92 Å². The number of hydrogen-bond acceptors (Lipinski definition) is 3. The number of allylic oxidation sites excluding steroid dienone is 1. The van der Waals surface area contributed by atoms with Gasteiger partial charge in [0.05, 0.1) is 0 Å². The van der Waals surface area contributed by atoms with Gasteiger partial charge < -0.3 is 9.84 Å². The predicted molar refractivity (Wildman–Crippen MR) is 37.8 cm³/mol. The van der Waals surface area contributed by atoms with Gasteiger partial charge in [0.1, 0.15) is 6.10 Å². The van der Waals surface area contributed by atoms with E-state index in [2.05, 4.69) is 0 Å². The van der Waals surface area contributed by atoms with Crippen LogP contribution in [0.3, 0.4) is 0 Å². The molecule has 3 nitrogen and oxygen atoms in total. The Morgan fingerprint density at radius 1 is 1.64 bits per heavy atom. The summed E-state index contributed by atoms with van der Waals surface area (Å²) in [6.45, 7) is 0.